The van der Waals surface area contributed by atoms with Crippen molar-refractivity contribution >= 4 is 0 Å². The Labute approximate surface area is 105 Å². The third-order valence-corrected chi connectivity index (χ3v) is 3.76. The van der Waals surface area contributed by atoms with Gasteiger partial charge in [-0.1, -0.05) is 6.92 Å². The van der Waals surface area contributed by atoms with E-state index in [2.05, 4.69) is 17.6 Å². The molecular weight excluding hydrogens is 216 g/mol. The SMILES string of the molecule is CCC1(CNCCNCCOC)CCOCC1. The van der Waals surface area contributed by atoms with Crippen LogP contribution in [0.4, 0.5) is 0 Å². The maximum atomic E-state index is 5.44. The van der Waals surface area contributed by atoms with Crippen LogP contribution in [0.2, 0.25) is 0 Å². The average molecular weight is 244 g/mol. The molecule has 1 rings (SSSR count). The van der Waals surface area contributed by atoms with E-state index in [4.69, 9.17) is 9.47 Å². The molecule has 1 aliphatic rings. The Kier molecular flexibility index (Phi) is 7.77. The number of hydrogen-bond acceptors (Lipinski definition) is 4. The zero-order chi connectivity index (χ0) is 12.4. The van der Waals surface area contributed by atoms with Crippen molar-refractivity contribution in [2.75, 3.05) is 53.1 Å². The average Bonchev–Trinajstić information content (AvgIpc) is 2.39. The van der Waals surface area contributed by atoms with Crippen molar-refractivity contribution in [3.05, 3.63) is 0 Å². The van der Waals surface area contributed by atoms with E-state index in [-0.39, 0.29) is 0 Å². The Morgan fingerprint density at radius 1 is 1.12 bits per heavy atom. The minimum absolute atomic E-state index is 0.477. The fourth-order valence-electron chi connectivity index (χ4n) is 2.29. The van der Waals surface area contributed by atoms with Crippen LogP contribution in [-0.2, 0) is 9.47 Å². The molecule has 0 aromatic rings. The van der Waals surface area contributed by atoms with Gasteiger partial charge in [0, 0.05) is 46.5 Å². The van der Waals surface area contributed by atoms with Crippen molar-refractivity contribution in [1.29, 1.82) is 0 Å². The second-order valence-corrected chi connectivity index (χ2v) is 4.89. The molecule has 0 aromatic heterocycles. The fraction of sp³-hybridized carbons (Fsp3) is 1.00. The maximum Gasteiger partial charge on any atom is 0.0587 e. The van der Waals surface area contributed by atoms with E-state index in [1.54, 1.807) is 7.11 Å². The van der Waals surface area contributed by atoms with Crippen LogP contribution >= 0.6 is 0 Å². The Morgan fingerprint density at radius 2 is 1.82 bits per heavy atom. The van der Waals surface area contributed by atoms with Crippen LogP contribution in [0.25, 0.3) is 0 Å². The molecule has 1 aliphatic heterocycles. The van der Waals surface area contributed by atoms with E-state index in [1.165, 1.54) is 19.3 Å². The Hall–Kier alpha value is -0.160. The summed E-state index contributed by atoms with van der Waals surface area (Å²) in [7, 11) is 1.73. The first-order valence-electron chi connectivity index (χ1n) is 6.81. The van der Waals surface area contributed by atoms with Gasteiger partial charge in [-0.05, 0) is 24.7 Å². The normalized spacial score (nSPS) is 19.4. The molecule has 1 fully saturated rings. The molecule has 0 unspecified atom stereocenters. The summed E-state index contributed by atoms with van der Waals surface area (Å²) in [5, 5.41) is 6.91. The van der Waals surface area contributed by atoms with Crippen LogP contribution in [0.5, 0.6) is 0 Å². The van der Waals surface area contributed by atoms with Crippen molar-refractivity contribution < 1.29 is 9.47 Å². The molecule has 2 N–H and O–H groups in total. The fourth-order valence-corrected chi connectivity index (χ4v) is 2.29. The summed E-state index contributed by atoms with van der Waals surface area (Å²) in [6.45, 7) is 9.05. The quantitative estimate of drug-likeness (QED) is 0.594. The molecule has 0 spiro atoms. The molecule has 1 heterocycles. The molecule has 0 bridgehead atoms. The minimum atomic E-state index is 0.477. The number of hydrogen-bond donors (Lipinski definition) is 2. The molecule has 0 atom stereocenters. The first-order chi connectivity index (χ1) is 8.33. The number of methoxy groups -OCH3 is 1. The van der Waals surface area contributed by atoms with Gasteiger partial charge in [0.1, 0.15) is 0 Å². The van der Waals surface area contributed by atoms with Crippen LogP contribution in [0.15, 0.2) is 0 Å². The predicted molar refractivity (Wildman–Crippen MR) is 70.4 cm³/mol. The van der Waals surface area contributed by atoms with E-state index in [1.807, 2.05) is 0 Å². The van der Waals surface area contributed by atoms with E-state index in [9.17, 15) is 0 Å². The second-order valence-electron chi connectivity index (χ2n) is 4.89. The largest absolute Gasteiger partial charge is 0.383 e. The lowest BCUT2D eigenvalue weighted by Gasteiger charge is -2.36. The van der Waals surface area contributed by atoms with E-state index in [0.717, 1.165) is 46.0 Å². The highest BCUT2D eigenvalue weighted by atomic mass is 16.5. The van der Waals surface area contributed by atoms with Gasteiger partial charge in [0.05, 0.1) is 6.61 Å². The van der Waals surface area contributed by atoms with Crippen molar-refractivity contribution in [2.24, 2.45) is 5.41 Å². The molecule has 0 amide bonds. The van der Waals surface area contributed by atoms with Crippen molar-refractivity contribution in [3.63, 3.8) is 0 Å². The van der Waals surface area contributed by atoms with Gasteiger partial charge in [0.25, 0.3) is 0 Å². The van der Waals surface area contributed by atoms with E-state index in [0.29, 0.717) is 5.41 Å². The molecule has 102 valence electrons. The van der Waals surface area contributed by atoms with Crippen molar-refractivity contribution in [2.45, 2.75) is 26.2 Å². The Balaban J connectivity index is 2.03. The number of ether oxygens (including phenoxy) is 2. The van der Waals surface area contributed by atoms with Crippen LogP contribution in [0.1, 0.15) is 26.2 Å². The highest BCUT2D eigenvalue weighted by Gasteiger charge is 2.29. The molecule has 4 nitrogen and oxygen atoms in total. The van der Waals surface area contributed by atoms with Crippen LogP contribution in [0, 0.1) is 5.41 Å². The number of nitrogens with one attached hydrogen (secondary N) is 2. The van der Waals surface area contributed by atoms with Crippen molar-refractivity contribution in [1.82, 2.24) is 10.6 Å². The molecule has 17 heavy (non-hydrogen) atoms. The molecule has 0 aromatic carbocycles. The Bertz CT molecular complexity index is 182. The smallest absolute Gasteiger partial charge is 0.0587 e. The summed E-state index contributed by atoms with van der Waals surface area (Å²) in [5.41, 5.74) is 0.477. The summed E-state index contributed by atoms with van der Waals surface area (Å²) in [4.78, 5) is 0. The highest BCUT2D eigenvalue weighted by Crippen LogP contribution is 2.32. The third kappa shape index (κ3) is 5.82. The summed E-state index contributed by atoms with van der Waals surface area (Å²) in [6.07, 6.45) is 3.65. The lowest BCUT2D eigenvalue weighted by molar-refractivity contribution is 0.0130. The van der Waals surface area contributed by atoms with Crippen LogP contribution in [0.3, 0.4) is 0 Å². The zero-order valence-corrected chi connectivity index (χ0v) is 11.4. The van der Waals surface area contributed by atoms with Gasteiger partial charge >= 0.3 is 0 Å². The van der Waals surface area contributed by atoms with Crippen LogP contribution < -0.4 is 10.6 Å². The molecule has 0 saturated carbocycles. The molecular formula is C13H28N2O2. The highest BCUT2D eigenvalue weighted by molar-refractivity contribution is 4.82. The topological polar surface area (TPSA) is 42.5 Å². The molecule has 1 saturated heterocycles. The molecule has 4 heteroatoms. The Morgan fingerprint density at radius 3 is 2.47 bits per heavy atom. The molecule has 0 aliphatic carbocycles. The van der Waals surface area contributed by atoms with Crippen LogP contribution in [-0.4, -0.2) is 53.1 Å². The minimum Gasteiger partial charge on any atom is -0.383 e. The third-order valence-electron chi connectivity index (χ3n) is 3.76. The van der Waals surface area contributed by atoms with Gasteiger partial charge in [-0.3, -0.25) is 0 Å². The first-order valence-corrected chi connectivity index (χ1v) is 6.81. The summed E-state index contributed by atoms with van der Waals surface area (Å²) in [6, 6.07) is 0. The van der Waals surface area contributed by atoms with Gasteiger partial charge in [0.15, 0.2) is 0 Å². The van der Waals surface area contributed by atoms with Gasteiger partial charge < -0.3 is 20.1 Å². The van der Waals surface area contributed by atoms with Crippen molar-refractivity contribution in [3.8, 4) is 0 Å². The van der Waals surface area contributed by atoms with Gasteiger partial charge in [-0.15, -0.1) is 0 Å². The van der Waals surface area contributed by atoms with Gasteiger partial charge in [-0.25, -0.2) is 0 Å². The summed E-state index contributed by atoms with van der Waals surface area (Å²) < 4.78 is 10.4. The van der Waals surface area contributed by atoms with Gasteiger partial charge in [0.2, 0.25) is 0 Å². The monoisotopic (exact) mass is 244 g/mol. The van der Waals surface area contributed by atoms with Gasteiger partial charge in [-0.2, -0.15) is 0 Å². The first kappa shape index (κ1) is 14.9. The number of rotatable bonds is 9. The standard InChI is InChI=1S/C13H28N2O2/c1-3-13(4-9-17-10-5-13)12-15-7-6-14-8-11-16-2/h14-15H,3-12H2,1-2H3. The predicted octanol–water partition coefficient (Wildman–Crippen LogP) is 1.02. The lowest BCUT2D eigenvalue weighted by Crippen LogP contribution is -2.41. The summed E-state index contributed by atoms with van der Waals surface area (Å²) >= 11 is 0. The second kappa shape index (κ2) is 8.86. The zero-order valence-electron chi connectivity index (χ0n) is 11.4. The lowest BCUT2D eigenvalue weighted by atomic mass is 9.78. The maximum absolute atomic E-state index is 5.44. The van der Waals surface area contributed by atoms with E-state index >= 15 is 0 Å². The molecule has 0 radical (unpaired) electrons. The van der Waals surface area contributed by atoms with E-state index < -0.39 is 0 Å². The summed E-state index contributed by atoms with van der Waals surface area (Å²) in [5.74, 6) is 0.